The Labute approximate surface area is 387 Å². The molecule has 8 aromatic rings. The van der Waals surface area contributed by atoms with Crippen LogP contribution < -0.4 is 0 Å². The van der Waals surface area contributed by atoms with Crippen LogP contribution in [0.5, 0.6) is 0 Å². The van der Waals surface area contributed by atoms with E-state index in [9.17, 15) is 5.48 Å². The second kappa shape index (κ2) is 18.7. The van der Waals surface area contributed by atoms with E-state index < -0.39 is 12.7 Å². The number of rotatable bonds is 14. The van der Waals surface area contributed by atoms with E-state index in [-0.39, 0.29) is 16.4 Å². The molecule has 64 heavy (non-hydrogen) atoms. The van der Waals surface area contributed by atoms with Gasteiger partial charge in [0, 0.05) is 40.8 Å². The zero-order chi connectivity index (χ0) is 47.7. The Balaban J connectivity index is 1.13. The SMILES string of the molecule is [2H]C([2H])(c1cc(CC(C)(C)c2ccc(-c3ccccc3)nc2)cc(CC(C)(C)c2ccc(-c3ccccc3)nc2)c1)C([2H])([2H])c1cnc(-c2ccccc2)cc1-c1cc(C2CCCC2)ccc1C. The maximum atomic E-state index is 10.1. The van der Waals surface area contributed by atoms with Gasteiger partial charge in [-0.2, -0.15) is 0 Å². The summed E-state index contributed by atoms with van der Waals surface area (Å²) in [6.07, 6.45) is 6.38. The molecule has 0 aliphatic heterocycles. The van der Waals surface area contributed by atoms with Gasteiger partial charge in [-0.05, 0) is 136 Å². The van der Waals surface area contributed by atoms with Crippen molar-refractivity contribution >= 4 is 0 Å². The molecule has 0 amide bonds. The van der Waals surface area contributed by atoms with E-state index in [2.05, 4.69) is 107 Å². The minimum atomic E-state index is -2.50. The lowest BCUT2D eigenvalue weighted by atomic mass is 9.77. The van der Waals surface area contributed by atoms with Crippen LogP contribution in [0.2, 0.25) is 0 Å². The zero-order valence-electron chi connectivity index (χ0n) is 41.9. The van der Waals surface area contributed by atoms with Crippen LogP contribution in [0.3, 0.4) is 0 Å². The van der Waals surface area contributed by atoms with Gasteiger partial charge < -0.3 is 0 Å². The molecule has 0 saturated heterocycles. The Morgan fingerprint density at radius 3 is 1.47 bits per heavy atom. The van der Waals surface area contributed by atoms with Gasteiger partial charge in [0.1, 0.15) is 0 Å². The van der Waals surface area contributed by atoms with Gasteiger partial charge >= 0.3 is 0 Å². The second-order valence-corrected chi connectivity index (χ2v) is 19.0. The first-order valence-electron chi connectivity index (χ1n) is 24.9. The standard InChI is InChI=1S/C61H61N3/c1-43-25-27-51(47-17-15-16-18-47)36-55(43)56-37-59(50-23-13-8-14-24-50)62-40-52(56)28-26-44-33-45(38-60(2,3)53-29-31-57(63-41-53)48-19-9-6-10-20-48)35-46(34-44)39-61(4,5)54-30-32-58(64-42-54)49-21-11-7-12-22-49/h6-14,19-25,27,29-37,40-42,47H,15-18,26,28,38-39H2,1-5H3/i26D2,28D2. The van der Waals surface area contributed by atoms with Crippen LogP contribution in [0.1, 0.15) is 109 Å². The fraction of sp³-hybridized carbons (Fsp3) is 0.262. The maximum Gasteiger partial charge on any atom is 0.0708 e. The molecule has 0 radical (unpaired) electrons. The third-order valence-electron chi connectivity index (χ3n) is 13.3. The number of benzene rings is 5. The second-order valence-electron chi connectivity index (χ2n) is 19.0. The topological polar surface area (TPSA) is 38.7 Å². The highest BCUT2D eigenvalue weighted by Gasteiger charge is 2.26. The molecular formula is C61H61N3. The summed E-state index contributed by atoms with van der Waals surface area (Å²) in [6.45, 7) is 10.9. The largest absolute Gasteiger partial charge is 0.256 e. The van der Waals surface area contributed by atoms with Crippen LogP contribution >= 0.6 is 0 Å². The van der Waals surface area contributed by atoms with Gasteiger partial charge in [-0.25, -0.2) is 0 Å². The number of nitrogens with zero attached hydrogens (tertiary/aromatic N) is 3. The normalized spacial score (nSPS) is 14.7. The third-order valence-corrected chi connectivity index (χ3v) is 13.3. The van der Waals surface area contributed by atoms with Crippen molar-refractivity contribution in [2.75, 3.05) is 0 Å². The third kappa shape index (κ3) is 9.85. The van der Waals surface area contributed by atoms with Crippen molar-refractivity contribution in [2.24, 2.45) is 0 Å². The lowest BCUT2D eigenvalue weighted by Gasteiger charge is -2.28. The van der Waals surface area contributed by atoms with E-state index in [1.807, 2.05) is 97.3 Å². The molecule has 3 nitrogen and oxygen atoms in total. The van der Waals surface area contributed by atoms with Gasteiger partial charge in [0.2, 0.25) is 0 Å². The van der Waals surface area contributed by atoms with E-state index in [4.69, 9.17) is 15.0 Å². The summed E-state index contributed by atoms with van der Waals surface area (Å²) in [7, 11) is 0. The van der Waals surface area contributed by atoms with Crippen molar-refractivity contribution in [3.05, 3.63) is 221 Å². The molecule has 0 atom stereocenters. The number of pyridine rings is 3. The van der Waals surface area contributed by atoms with Crippen LogP contribution in [0, 0.1) is 6.92 Å². The monoisotopic (exact) mass is 840 g/mol. The minimum absolute atomic E-state index is 0.232. The summed E-state index contributed by atoms with van der Waals surface area (Å²) in [4.78, 5) is 14.6. The van der Waals surface area contributed by atoms with Crippen molar-refractivity contribution in [3.63, 3.8) is 0 Å². The van der Waals surface area contributed by atoms with Crippen LogP contribution in [0.25, 0.3) is 44.9 Å². The van der Waals surface area contributed by atoms with E-state index >= 15 is 0 Å². The summed E-state index contributed by atoms with van der Waals surface area (Å²) < 4.78 is 40.2. The molecule has 1 aliphatic rings. The van der Waals surface area contributed by atoms with Crippen molar-refractivity contribution in [3.8, 4) is 44.9 Å². The molecule has 0 unspecified atom stereocenters. The van der Waals surface area contributed by atoms with Crippen LogP contribution in [0.15, 0.2) is 176 Å². The summed E-state index contributed by atoms with van der Waals surface area (Å²) in [5.41, 5.74) is 13.2. The minimum Gasteiger partial charge on any atom is -0.256 e. The van der Waals surface area contributed by atoms with Gasteiger partial charge in [-0.15, -0.1) is 0 Å². The predicted molar refractivity (Wildman–Crippen MR) is 268 cm³/mol. The zero-order valence-corrected chi connectivity index (χ0v) is 37.9. The van der Waals surface area contributed by atoms with Gasteiger partial charge in [0.15, 0.2) is 0 Å². The number of aromatic nitrogens is 3. The average Bonchev–Trinajstić information content (AvgIpc) is 3.90. The molecule has 0 bridgehead atoms. The lowest BCUT2D eigenvalue weighted by molar-refractivity contribution is 0.512. The van der Waals surface area contributed by atoms with Crippen molar-refractivity contribution < 1.29 is 5.48 Å². The predicted octanol–water partition coefficient (Wildman–Crippen LogP) is 15.3. The summed E-state index contributed by atoms with van der Waals surface area (Å²) >= 11 is 0. The fourth-order valence-corrected chi connectivity index (χ4v) is 9.54. The van der Waals surface area contributed by atoms with Crippen molar-refractivity contribution in [2.45, 2.75) is 103 Å². The molecule has 3 aromatic heterocycles. The summed E-state index contributed by atoms with van der Waals surface area (Å²) in [5.74, 6) is 0.459. The first kappa shape index (κ1) is 38.0. The van der Waals surface area contributed by atoms with E-state index in [0.717, 1.165) is 80.0 Å². The van der Waals surface area contributed by atoms with Gasteiger partial charge in [-0.1, -0.05) is 180 Å². The first-order chi connectivity index (χ1) is 32.6. The van der Waals surface area contributed by atoms with Crippen LogP contribution in [0.4, 0.5) is 0 Å². The quantitative estimate of drug-likeness (QED) is 0.109. The van der Waals surface area contributed by atoms with E-state index in [1.165, 1.54) is 18.4 Å². The van der Waals surface area contributed by atoms with Crippen LogP contribution in [-0.2, 0) is 36.4 Å². The molecule has 9 rings (SSSR count). The maximum absolute atomic E-state index is 10.1. The lowest BCUT2D eigenvalue weighted by Crippen LogP contribution is -2.23. The number of hydrogen-bond acceptors (Lipinski definition) is 3. The molecule has 5 aromatic carbocycles. The molecule has 3 heterocycles. The first-order valence-corrected chi connectivity index (χ1v) is 22.9. The van der Waals surface area contributed by atoms with Crippen molar-refractivity contribution in [1.29, 1.82) is 0 Å². The Hall–Kier alpha value is -6.45. The number of aryl methyl sites for hydroxylation is 3. The van der Waals surface area contributed by atoms with E-state index in [0.29, 0.717) is 29.9 Å². The molecule has 0 spiro atoms. The highest BCUT2D eigenvalue weighted by Crippen LogP contribution is 2.39. The molecule has 1 saturated carbocycles. The molecule has 1 aliphatic carbocycles. The molecular weight excluding hydrogens is 775 g/mol. The molecule has 0 N–H and O–H groups in total. The van der Waals surface area contributed by atoms with Gasteiger partial charge in [0.25, 0.3) is 0 Å². The fourth-order valence-electron chi connectivity index (χ4n) is 9.54. The van der Waals surface area contributed by atoms with E-state index in [1.54, 1.807) is 6.20 Å². The molecule has 1 fully saturated rings. The summed E-state index contributed by atoms with van der Waals surface area (Å²) in [6, 6.07) is 53.3. The highest BCUT2D eigenvalue weighted by atomic mass is 14.7. The summed E-state index contributed by atoms with van der Waals surface area (Å²) in [5, 5.41) is 0. The Morgan fingerprint density at radius 1 is 0.484 bits per heavy atom. The smallest absolute Gasteiger partial charge is 0.0708 e. The van der Waals surface area contributed by atoms with Gasteiger partial charge in [0.05, 0.1) is 17.1 Å². The Bertz CT molecular complexity index is 2880. The average molecular weight is 840 g/mol. The Kier molecular flexibility index (Phi) is 11.1. The number of hydrogen-bond donors (Lipinski definition) is 0. The molecule has 3 heteroatoms. The van der Waals surface area contributed by atoms with Crippen LogP contribution in [-0.4, -0.2) is 15.0 Å². The highest BCUT2D eigenvalue weighted by molar-refractivity contribution is 5.76. The van der Waals surface area contributed by atoms with Gasteiger partial charge in [-0.3, -0.25) is 15.0 Å². The molecule has 320 valence electrons. The Morgan fingerprint density at radius 2 is 0.969 bits per heavy atom. The van der Waals surface area contributed by atoms with Crippen molar-refractivity contribution in [1.82, 2.24) is 15.0 Å².